The maximum Gasteiger partial charge on any atom is 0.407 e. The first kappa shape index (κ1) is 48.6. The highest BCUT2D eigenvalue weighted by Gasteiger charge is 2.38. The summed E-state index contributed by atoms with van der Waals surface area (Å²) in [7, 11) is 0. The Morgan fingerprint density at radius 1 is 0.566 bits per heavy atom. The Hall–Kier alpha value is -4.35. The van der Waals surface area contributed by atoms with Gasteiger partial charge in [0.1, 0.15) is 37.4 Å². The molecule has 1 amide bonds. The molecule has 0 saturated heterocycles. The zero-order chi connectivity index (χ0) is 39.6. The van der Waals surface area contributed by atoms with E-state index < -0.39 is 41.0 Å². The van der Waals surface area contributed by atoms with Crippen LogP contribution < -0.4 is 5.32 Å². The number of hydrogen-bond acceptors (Lipinski definition) is 15. The summed E-state index contributed by atoms with van der Waals surface area (Å²) in [5.74, 6) is -2.27. The predicted molar refractivity (Wildman–Crippen MR) is 188 cm³/mol. The number of nitrogens with one attached hydrogen (secondary N) is 1. The fraction of sp³-hybridized carbons (Fsp3) is 0.848. The van der Waals surface area contributed by atoms with Gasteiger partial charge in [-0.15, -0.1) is 0 Å². The fourth-order valence-electron chi connectivity index (χ4n) is 3.91. The number of azide groups is 2. The van der Waals surface area contributed by atoms with Crippen molar-refractivity contribution in [2.45, 2.75) is 91.1 Å². The molecule has 0 aromatic heterocycles. The van der Waals surface area contributed by atoms with Gasteiger partial charge in [-0.05, 0) is 64.4 Å². The van der Waals surface area contributed by atoms with Gasteiger partial charge >= 0.3 is 30.0 Å². The molecule has 0 aliphatic rings. The lowest BCUT2D eigenvalue weighted by atomic mass is 9.93. The van der Waals surface area contributed by atoms with Crippen molar-refractivity contribution in [2.24, 2.45) is 15.6 Å². The van der Waals surface area contributed by atoms with Crippen LogP contribution in [0.15, 0.2) is 10.2 Å². The molecule has 20 heteroatoms. The third-order valence-corrected chi connectivity index (χ3v) is 6.69. The van der Waals surface area contributed by atoms with E-state index in [1.807, 2.05) is 0 Å². The van der Waals surface area contributed by atoms with E-state index >= 15 is 0 Å². The van der Waals surface area contributed by atoms with E-state index in [0.29, 0.717) is 51.6 Å². The summed E-state index contributed by atoms with van der Waals surface area (Å²) in [4.78, 5) is 66.3. The van der Waals surface area contributed by atoms with Gasteiger partial charge in [-0.25, -0.2) is 4.79 Å². The van der Waals surface area contributed by atoms with Crippen LogP contribution in [0, 0.1) is 5.41 Å². The van der Waals surface area contributed by atoms with Crippen LogP contribution in [-0.2, 0) is 57.1 Å². The SMILES string of the molecule is CC(C)(C)OC(=O)NCCC(=O)OCCOCCOCCOCCOC(=O)C(C)(COC(=O)CCCCCN=[N+]=[N-])COC(=O)CCCCCN=[N+]=[N-]. The minimum atomic E-state index is -1.46. The minimum absolute atomic E-state index is 0.000470. The molecule has 0 atom stereocenters. The number of unbranched alkanes of at least 4 members (excludes halogenated alkanes) is 4. The standard InChI is InChI=1S/C33H57N7O13/c1-32(2,3)53-31(45)36-16-13-29(43)49-23-21-47-19-17-46-18-20-48-22-24-50-30(44)33(4,25-51-27(41)11-7-5-9-14-37-39-34)26-52-28(42)12-8-6-10-15-38-40-35/h5-26H2,1-4H3,(H,36,45). The number of esters is 4. The first-order valence-corrected chi connectivity index (χ1v) is 17.7. The summed E-state index contributed by atoms with van der Waals surface area (Å²) >= 11 is 0. The Kier molecular flexibility index (Phi) is 28.6. The fourth-order valence-corrected chi connectivity index (χ4v) is 3.91. The van der Waals surface area contributed by atoms with E-state index in [-0.39, 0.29) is 91.9 Å². The van der Waals surface area contributed by atoms with E-state index in [0.717, 1.165) is 0 Å². The van der Waals surface area contributed by atoms with Gasteiger partial charge in [0.2, 0.25) is 0 Å². The highest BCUT2D eigenvalue weighted by atomic mass is 16.6. The van der Waals surface area contributed by atoms with Crippen molar-refractivity contribution in [1.82, 2.24) is 5.32 Å². The molecule has 0 fully saturated rings. The van der Waals surface area contributed by atoms with E-state index in [4.69, 9.17) is 49.0 Å². The second kappa shape index (κ2) is 31.2. The zero-order valence-electron chi connectivity index (χ0n) is 31.5. The second-order valence-corrected chi connectivity index (χ2v) is 12.8. The molecule has 0 radical (unpaired) electrons. The monoisotopic (exact) mass is 759 g/mol. The highest BCUT2D eigenvalue weighted by molar-refractivity contribution is 5.78. The number of nitrogens with zero attached hydrogens (tertiary/aromatic N) is 6. The average molecular weight is 760 g/mol. The van der Waals surface area contributed by atoms with Crippen LogP contribution in [0.5, 0.6) is 0 Å². The molecule has 0 heterocycles. The van der Waals surface area contributed by atoms with Gasteiger partial charge in [0.15, 0.2) is 0 Å². The molecule has 53 heavy (non-hydrogen) atoms. The molecule has 20 nitrogen and oxygen atoms in total. The lowest BCUT2D eigenvalue weighted by Gasteiger charge is -2.26. The van der Waals surface area contributed by atoms with Crippen molar-refractivity contribution < 1.29 is 61.9 Å². The molecular formula is C33H57N7O13. The van der Waals surface area contributed by atoms with Crippen LogP contribution in [-0.4, -0.2) is 121 Å². The first-order chi connectivity index (χ1) is 25.3. The number of ether oxygens (including phenoxy) is 8. The van der Waals surface area contributed by atoms with Gasteiger partial charge < -0.3 is 43.2 Å². The molecule has 0 rings (SSSR count). The van der Waals surface area contributed by atoms with E-state index in [2.05, 4.69) is 25.4 Å². The number of hydrogen-bond donors (Lipinski definition) is 1. The van der Waals surface area contributed by atoms with Crippen LogP contribution in [0.25, 0.3) is 20.9 Å². The Morgan fingerprint density at radius 2 is 1.00 bits per heavy atom. The average Bonchev–Trinajstić information content (AvgIpc) is 3.10. The Bertz CT molecular complexity index is 1130. The number of rotatable bonds is 32. The van der Waals surface area contributed by atoms with Crippen molar-refractivity contribution in [3.05, 3.63) is 20.9 Å². The topological polar surface area (TPSA) is 269 Å². The summed E-state index contributed by atoms with van der Waals surface area (Å²) in [6, 6.07) is 0. The first-order valence-electron chi connectivity index (χ1n) is 17.7. The lowest BCUT2D eigenvalue weighted by Crippen LogP contribution is -2.41. The Balaban J connectivity index is 4.32. The molecule has 0 aromatic rings. The van der Waals surface area contributed by atoms with Crippen LogP contribution >= 0.6 is 0 Å². The number of amides is 1. The third kappa shape index (κ3) is 30.9. The smallest absolute Gasteiger partial charge is 0.407 e. The van der Waals surface area contributed by atoms with Gasteiger partial charge in [-0.1, -0.05) is 23.1 Å². The number of alkyl carbamates (subject to hydrolysis) is 1. The van der Waals surface area contributed by atoms with Crippen molar-refractivity contribution in [3.8, 4) is 0 Å². The normalized spacial score (nSPS) is 11.9. The largest absolute Gasteiger partial charge is 0.464 e. The molecule has 0 aliphatic heterocycles. The maximum absolute atomic E-state index is 13.0. The van der Waals surface area contributed by atoms with Crippen LogP contribution in [0.4, 0.5) is 4.79 Å². The highest BCUT2D eigenvalue weighted by Crippen LogP contribution is 2.21. The van der Waals surface area contributed by atoms with Gasteiger partial charge in [-0.3, -0.25) is 19.2 Å². The van der Waals surface area contributed by atoms with Gasteiger partial charge in [0.05, 0.1) is 46.1 Å². The zero-order valence-corrected chi connectivity index (χ0v) is 31.5. The molecule has 0 aromatic carbocycles. The number of carbonyl (C=O) groups is 5. The van der Waals surface area contributed by atoms with E-state index in [1.54, 1.807) is 20.8 Å². The summed E-state index contributed by atoms with van der Waals surface area (Å²) in [6.45, 7) is 7.91. The Morgan fingerprint density at radius 3 is 1.45 bits per heavy atom. The summed E-state index contributed by atoms with van der Waals surface area (Å²) in [6.07, 6.45) is 3.21. The van der Waals surface area contributed by atoms with E-state index in [1.165, 1.54) is 6.92 Å². The minimum Gasteiger partial charge on any atom is -0.464 e. The van der Waals surface area contributed by atoms with Crippen LogP contribution in [0.3, 0.4) is 0 Å². The Labute approximate surface area is 310 Å². The molecule has 0 spiro atoms. The molecule has 1 N–H and O–H groups in total. The predicted octanol–water partition coefficient (Wildman–Crippen LogP) is 4.87. The summed E-state index contributed by atoms with van der Waals surface area (Å²) < 4.78 is 42.3. The van der Waals surface area contributed by atoms with Gasteiger partial charge in [-0.2, -0.15) is 0 Å². The summed E-state index contributed by atoms with van der Waals surface area (Å²) in [5, 5.41) is 9.36. The number of carbonyl (C=O) groups excluding carboxylic acids is 5. The third-order valence-electron chi connectivity index (χ3n) is 6.69. The molecular weight excluding hydrogens is 702 g/mol. The van der Waals surface area contributed by atoms with Gasteiger partial charge in [0, 0.05) is 42.3 Å². The lowest BCUT2D eigenvalue weighted by molar-refractivity contribution is -0.171. The van der Waals surface area contributed by atoms with Crippen molar-refractivity contribution in [1.29, 1.82) is 0 Å². The summed E-state index contributed by atoms with van der Waals surface area (Å²) in [5.41, 5.74) is 14.6. The molecule has 0 bridgehead atoms. The van der Waals surface area contributed by atoms with Gasteiger partial charge in [0.25, 0.3) is 0 Å². The van der Waals surface area contributed by atoms with Crippen LogP contribution in [0.2, 0.25) is 0 Å². The van der Waals surface area contributed by atoms with Crippen molar-refractivity contribution in [2.75, 3.05) is 85.7 Å². The molecule has 0 aliphatic carbocycles. The van der Waals surface area contributed by atoms with Crippen LogP contribution in [0.1, 0.15) is 85.5 Å². The molecule has 302 valence electrons. The van der Waals surface area contributed by atoms with Crippen molar-refractivity contribution in [3.63, 3.8) is 0 Å². The molecule has 0 saturated carbocycles. The molecule has 0 unspecified atom stereocenters. The van der Waals surface area contributed by atoms with E-state index in [9.17, 15) is 24.0 Å². The maximum atomic E-state index is 13.0. The second-order valence-electron chi connectivity index (χ2n) is 12.8. The quantitative estimate of drug-likeness (QED) is 0.0240. The van der Waals surface area contributed by atoms with Crippen molar-refractivity contribution >= 4 is 30.0 Å².